The van der Waals surface area contributed by atoms with Gasteiger partial charge in [0.15, 0.2) is 4.96 Å². The van der Waals surface area contributed by atoms with Gasteiger partial charge in [-0.25, -0.2) is 4.98 Å². The quantitative estimate of drug-likeness (QED) is 0.691. The van der Waals surface area contributed by atoms with Crippen molar-refractivity contribution in [1.29, 1.82) is 0 Å². The summed E-state index contributed by atoms with van der Waals surface area (Å²) in [4.78, 5) is 20.0. The molecule has 0 aliphatic carbocycles. The number of fused-ring (bicyclic) bond motifs is 1. The van der Waals surface area contributed by atoms with Crippen molar-refractivity contribution >= 4 is 22.2 Å². The summed E-state index contributed by atoms with van der Waals surface area (Å²) < 4.78 is 12.8. The predicted octanol–water partition coefficient (Wildman–Crippen LogP) is 3.24. The first-order valence-electron chi connectivity index (χ1n) is 8.65. The highest BCUT2D eigenvalue weighted by atomic mass is 32.1. The molecule has 1 saturated heterocycles. The molecule has 1 fully saturated rings. The van der Waals surface area contributed by atoms with Gasteiger partial charge in [-0.3, -0.25) is 9.20 Å². The lowest BCUT2D eigenvalue weighted by Crippen LogP contribution is -2.29. The molecule has 0 bridgehead atoms. The summed E-state index contributed by atoms with van der Waals surface area (Å²) in [6.07, 6.45) is 4.59. The second-order valence-electron chi connectivity index (χ2n) is 6.34. The lowest BCUT2D eigenvalue weighted by Gasteiger charge is -2.14. The van der Waals surface area contributed by atoms with Gasteiger partial charge >= 0.3 is 0 Å². The molecule has 3 heterocycles. The first-order valence-corrected chi connectivity index (χ1v) is 9.53. The number of carbonyl (C=O) groups excluding carboxylic acids is 1. The Labute approximate surface area is 156 Å². The molecule has 26 heavy (non-hydrogen) atoms. The summed E-state index contributed by atoms with van der Waals surface area (Å²) in [5, 5.41) is 2.02. The van der Waals surface area contributed by atoms with Gasteiger partial charge in [-0.15, -0.1) is 11.3 Å². The number of hydrogen-bond acceptors (Lipinski definition) is 5. The topological polar surface area (TPSA) is 56.1 Å². The van der Waals surface area contributed by atoms with Gasteiger partial charge in [0.05, 0.1) is 26.3 Å². The maximum Gasteiger partial charge on any atom is 0.228 e. The van der Waals surface area contributed by atoms with E-state index in [1.54, 1.807) is 25.6 Å². The molecule has 3 aromatic rings. The minimum atomic E-state index is 0.191. The smallest absolute Gasteiger partial charge is 0.228 e. The summed E-state index contributed by atoms with van der Waals surface area (Å²) >= 11 is 1.55. The lowest BCUT2D eigenvalue weighted by atomic mass is 10.1. The fraction of sp³-hybridized carbons (Fsp3) is 0.368. The lowest BCUT2D eigenvalue weighted by molar-refractivity contribution is -0.129. The molecule has 0 spiro atoms. The van der Waals surface area contributed by atoms with Crippen LogP contribution in [0.25, 0.3) is 16.2 Å². The highest BCUT2D eigenvalue weighted by Gasteiger charge is 2.20. The molecule has 0 radical (unpaired) electrons. The van der Waals surface area contributed by atoms with Crippen LogP contribution in [-0.4, -0.2) is 47.5 Å². The van der Waals surface area contributed by atoms with Crippen LogP contribution in [0.4, 0.5) is 0 Å². The molecular formula is C19H21N3O3S. The van der Waals surface area contributed by atoms with Gasteiger partial charge in [0, 0.05) is 35.9 Å². The maximum absolute atomic E-state index is 12.5. The van der Waals surface area contributed by atoms with Gasteiger partial charge < -0.3 is 14.4 Å². The second-order valence-corrected chi connectivity index (χ2v) is 7.17. The zero-order chi connectivity index (χ0) is 18.1. The minimum Gasteiger partial charge on any atom is -0.497 e. The monoisotopic (exact) mass is 371 g/mol. The first kappa shape index (κ1) is 16.9. The number of rotatable bonds is 5. The van der Waals surface area contributed by atoms with E-state index in [4.69, 9.17) is 14.5 Å². The highest BCUT2D eigenvalue weighted by molar-refractivity contribution is 7.15. The molecule has 6 nitrogen and oxygen atoms in total. The van der Waals surface area contributed by atoms with Crippen LogP contribution in [0.15, 0.2) is 29.8 Å². The standard InChI is InChI=1S/C19H21N3O3S/c1-24-14-5-6-17(25-2)15(10-14)16-11-22-13(12-26-19(22)20-16)9-18(23)21-7-3-4-8-21/h5-6,10-12H,3-4,7-9H2,1-2H3. The van der Waals surface area contributed by atoms with E-state index in [9.17, 15) is 4.79 Å². The maximum atomic E-state index is 12.5. The van der Waals surface area contributed by atoms with Crippen LogP contribution in [0.5, 0.6) is 11.5 Å². The summed E-state index contributed by atoms with van der Waals surface area (Å²) in [6.45, 7) is 1.75. The molecule has 0 unspecified atom stereocenters. The van der Waals surface area contributed by atoms with Crippen LogP contribution in [0.2, 0.25) is 0 Å². The van der Waals surface area contributed by atoms with Crippen LogP contribution in [0.1, 0.15) is 18.5 Å². The van der Waals surface area contributed by atoms with Crippen molar-refractivity contribution in [2.75, 3.05) is 27.3 Å². The molecule has 1 aromatic carbocycles. The van der Waals surface area contributed by atoms with Gasteiger partial charge in [0.2, 0.25) is 5.91 Å². The Balaban J connectivity index is 1.67. The van der Waals surface area contributed by atoms with Crippen molar-refractivity contribution in [3.05, 3.63) is 35.5 Å². The molecule has 136 valence electrons. The van der Waals surface area contributed by atoms with Crippen molar-refractivity contribution in [3.8, 4) is 22.8 Å². The SMILES string of the molecule is COc1ccc(OC)c(-c2cn3c(CC(=O)N4CCCC4)csc3n2)c1. The predicted molar refractivity (Wildman–Crippen MR) is 101 cm³/mol. The Morgan fingerprint density at radius 2 is 2.04 bits per heavy atom. The Hall–Kier alpha value is -2.54. The average Bonchev–Trinajstić information content (AvgIpc) is 3.39. The highest BCUT2D eigenvalue weighted by Crippen LogP contribution is 2.34. The number of benzene rings is 1. The van der Waals surface area contributed by atoms with Gasteiger partial charge in [-0.1, -0.05) is 0 Å². The number of likely N-dealkylation sites (tertiary alicyclic amines) is 1. The number of thiazole rings is 1. The largest absolute Gasteiger partial charge is 0.497 e. The number of hydrogen-bond donors (Lipinski definition) is 0. The van der Waals surface area contributed by atoms with Crippen molar-refractivity contribution in [3.63, 3.8) is 0 Å². The van der Waals surface area contributed by atoms with Crippen LogP contribution in [0, 0.1) is 0 Å². The number of imidazole rings is 1. The molecule has 2 aromatic heterocycles. The molecule has 0 atom stereocenters. The first-order chi connectivity index (χ1) is 12.7. The molecular weight excluding hydrogens is 350 g/mol. The van der Waals surface area contributed by atoms with E-state index >= 15 is 0 Å². The normalized spacial score (nSPS) is 14.2. The third-order valence-electron chi connectivity index (χ3n) is 4.76. The average molecular weight is 371 g/mol. The van der Waals surface area contributed by atoms with E-state index in [1.165, 1.54) is 0 Å². The number of nitrogens with zero attached hydrogens (tertiary/aromatic N) is 3. The third-order valence-corrected chi connectivity index (χ3v) is 5.65. The molecule has 1 aliphatic rings. The Bertz CT molecular complexity index is 941. The van der Waals surface area contributed by atoms with Crippen LogP contribution in [-0.2, 0) is 11.2 Å². The van der Waals surface area contributed by atoms with Crippen molar-refractivity contribution in [2.24, 2.45) is 0 Å². The van der Waals surface area contributed by atoms with Gasteiger partial charge in [0.1, 0.15) is 11.5 Å². The molecule has 1 aliphatic heterocycles. The summed E-state index contributed by atoms with van der Waals surface area (Å²) in [7, 11) is 3.28. The van der Waals surface area contributed by atoms with E-state index in [0.717, 1.165) is 59.3 Å². The third kappa shape index (κ3) is 3.03. The van der Waals surface area contributed by atoms with Crippen LogP contribution in [0.3, 0.4) is 0 Å². The molecule has 0 N–H and O–H groups in total. The number of methoxy groups -OCH3 is 2. The molecule has 4 rings (SSSR count). The summed E-state index contributed by atoms with van der Waals surface area (Å²) in [6, 6.07) is 5.65. The Morgan fingerprint density at radius 3 is 2.77 bits per heavy atom. The second kappa shape index (κ2) is 6.99. The van der Waals surface area contributed by atoms with Gasteiger partial charge in [-0.05, 0) is 31.0 Å². The number of ether oxygens (including phenoxy) is 2. The number of carbonyl (C=O) groups is 1. The molecule has 1 amide bonds. The fourth-order valence-corrected chi connectivity index (χ4v) is 4.21. The van der Waals surface area contributed by atoms with E-state index in [2.05, 4.69) is 0 Å². The van der Waals surface area contributed by atoms with Crippen molar-refractivity contribution < 1.29 is 14.3 Å². The van der Waals surface area contributed by atoms with Gasteiger partial charge in [0.25, 0.3) is 0 Å². The van der Waals surface area contributed by atoms with E-state index in [1.807, 2.05) is 39.1 Å². The van der Waals surface area contributed by atoms with Crippen LogP contribution >= 0.6 is 11.3 Å². The minimum absolute atomic E-state index is 0.191. The molecule has 0 saturated carbocycles. The number of amides is 1. The number of aromatic nitrogens is 2. The van der Waals surface area contributed by atoms with Crippen molar-refractivity contribution in [1.82, 2.24) is 14.3 Å². The fourth-order valence-electron chi connectivity index (χ4n) is 3.33. The molecule has 7 heteroatoms. The Kier molecular flexibility index (Phi) is 4.55. The summed E-state index contributed by atoms with van der Waals surface area (Å²) in [5.74, 6) is 1.68. The van der Waals surface area contributed by atoms with E-state index in [-0.39, 0.29) is 5.91 Å². The van der Waals surface area contributed by atoms with Gasteiger partial charge in [-0.2, -0.15) is 0 Å². The Morgan fingerprint density at radius 1 is 1.23 bits per heavy atom. The zero-order valence-corrected chi connectivity index (χ0v) is 15.7. The van der Waals surface area contributed by atoms with E-state index < -0.39 is 0 Å². The van der Waals surface area contributed by atoms with E-state index in [0.29, 0.717) is 6.42 Å². The zero-order valence-electron chi connectivity index (χ0n) is 14.9. The summed E-state index contributed by atoms with van der Waals surface area (Å²) in [5.41, 5.74) is 2.66. The van der Waals surface area contributed by atoms with Crippen molar-refractivity contribution in [2.45, 2.75) is 19.3 Å². The van der Waals surface area contributed by atoms with Crippen LogP contribution < -0.4 is 9.47 Å².